The molecule has 6 heteroatoms. The molecular weight excluding hydrogens is 270 g/mol. The largest absolute Gasteiger partial charge is 0.396 e. The maximum atomic E-state index is 10.8. The fraction of sp³-hybridized carbons (Fsp3) is 0.400. The Kier molecular flexibility index (Phi) is 3.70. The summed E-state index contributed by atoms with van der Waals surface area (Å²) < 4.78 is 0. The van der Waals surface area contributed by atoms with Crippen LogP contribution in [0.15, 0.2) is 30.3 Å². The third-order valence-corrected chi connectivity index (χ3v) is 4.02. The van der Waals surface area contributed by atoms with E-state index in [0.29, 0.717) is 5.92 Å². The molecule has 1 aromatic carbocycles. The summed E-state index contributed by atoms with van der Waals surface area (Å²) in [6.45, 7) is 2.08. The van der Waals surface area contributed by atoms with Crippen molar-refractivity contribution < 1.29 is 10.0 Å². The first-order valence-corrected chi connectivity index (χ1v) is 7.08. The summed E-state index contributed by atoms with van der Waals surface area (Å²) in [7, 11) is 0. The number of pyridine rings is 1. The van der Waals surface area contributed by atoms with Crippen LogP contribution in [0.2, 0.25) is 0 Å². The van der Waals surface area contributed by atoms with E-state index in [9.17, 15) is 10.1 Å². The number of benzene rings is 1. The van der Waals surface area contributed by atoms with Crippen molar-refractivity contribution >= 4 is 22.4 Å². The summed E-state index contributed by atoms with van der Waals surface area (Å²) in [5, 5.41) is 20.6. The van der Waals surface area contributed by atoms with Gasteiger partial charge < -0.3 is 10.0 Å². The molecule has 1 saturated heterocycles. The SMILES string of the molecule is O=[N+]([O-])c1ccc2nc(N3CCC(CCO)C3)ccc2c1. The Labute approximate surface area is 122 Å². The number of hydrogen-bond donors (Lipinski definition) is 1. The summed E-state index contributed by atoms with van der Waals surface area (Å²) in [4.78, 5) is 17.2. The second kappa shape index (κ2) is 5.65. The highest BCUT2D eigenvalue weighted by atomic mass is 16.6. The number of fused-ring (bicyclic) bond motifs is 1. The summed E-state index contributed by atoms with van der Waals surface area (Å²) in [5.74, 6) is 1.42. The molecule has 0 radical (unpaired) electrons. The lowest BCUT2D eigenvalue weighted by Gasteiger charge is -2.17. The van der Waals surface area contributed by atoms with Gasteiger partial charge in [0.15, 0.2) is 0 Å². The van der Waals surface area contributed by atoms with Gasteiger partial charge in [-0.2, -0.15) is 0 Å². The van der Waals surface area contributed by atoms with Gasteiger partial charge in [0.05, 0.1) is 10.4 Å². The molecule has 2 heterocycles. The maximum absolute atomic E-state index is 10.8. The molecule has 0 amide bonds. The fourth-order valence-electron chi connectivity index (χ4n) is 2.85. The molecule has 1 unspecified atom stereocenters. The number of non-ortho nitro benzene ring substituents is 1. The van der Waals surface area contributed by atoms with Gasteiger partial charge in [-0.3, -0.25) is 10.1 Å². The first-order chi connectivity index (χ1) is 10.2. The Hall–Kier alpha value is -2.21. The quantitative estimate of drug-likeness (QED) is 0.689. The molecule has 0 aliphatic carbocycles. The van der Waals surface area contributed by atoms with Gasteiger partial charge in [0.1, 0.15) is 5.82 Å². The predicted octanol–water partition coefficient (Wildman–Crippen LogP) is 2.35. The highest BCUT2D eigenvalue weighted by molar-refractivity contribution is 5.82. The van der Waals surface area contributed by atoms with Crippen molar-refractivity contribution in [1.29, 1.82) is 0 Å². The van der Waals surface area contributed by atoms with Crippen LogP contribution in [0.5, 0.6) is 0 Å². The number of rotatable bonds is 4. The Balaban J connectivity index is 1.85. The van der Waals surface area contributed by atoms with Crippen molar-refractivity contribution in [3.05, 3.63) is 40.4 Å². The number of aliphatic hydroxyl groups is 1. The molecular formula is C15H17N3O3. The van der Waals surface area contributed by atoms with Crippen LogP contribution in [0.25, 0.3) is 10.9 Å². The Morgan fingerprint density at radius 1 is 1.38 bits per heavy atom. The summed E-state index contributed by atoms with van der Waals surface area (Å²) in [5.41, 5.74) is 0.852. The van der Waals surface area contributed by atoms with E-state index >= 15 is 0 Å². The summed E-state index contributed by atoms with van der Waals surface area (Å²) in [6, 6.07) is 8.51. The van der Waals surface area contributed by atoms with Crippen molar-refractivity contribution in [2.45, 2.75) is 12.8 Å². The van der Waals surface area contributed by atoms with Crippen LogP contribution >= 0.6 is 0 Å². The molecule has 1 aliphatic rings. The molecule has 0 saturated carbocycles. The lowest BCUT2D eigenvalue weighted by molar-refractivity contribution is -0.384. The molecule has 1 fully saturated rings. The minimum Gasteiger partial charge on any atom is -0.396 e. The van der Waals surface area contributed by atoms with Gasteiger partial charge in [-0.05, 0) is 37.0 Å². The van der Waals surface area contributed by atoms with Crippen molar-refractivity contribution in [1.82, 2.24) is 4.98 Å². The van der Waals surface area contributed by atoms with Gasteiger partial charge in [0, 0.05) is 37.2 Å². The standard InChI is InChI=1S/C15H17N3O3/c19-8-6-11-5-7-17(10-11)15-4-1-12-9-13(18(20)21)2-3-14(12)16-15/h1-4,9,11,19H,5-8,10H2. The van der Waals surface area contributed by atoms with E-state index in [-0.39, 0.29) is 12.3 Å². The van der Waals surface area contributed by atoms with Crippen LogP contribution in [0.4, 0.5) is 11.5 Å². The molecule has 1 N–H and O–H groups in total. The van der Waals surface area contributed by atoms with Crippen molar-refractivity contribution in [2.75, 3.05) is 24.6 Å². The van der Waals surface area contributed by atoms with Gasteiger partial charge in [0.25, 0.3) is 5.69 Å². The van der Waals surface area contributed by atoms with Crippen LogP contribution in [0, 0.1) is 16.0 Å². The number of nitro groups is 1. The van der Waals surface area contributed by atoms with Gasteiger partial charge in [-0.15, -0.1) is 0 Å². The minimum absolute atomic E-state index is 0.0845. The number of hydrogen-bond acceptors (Lipinski definition) is 5. The zero-order chi connectivity index (χ0) is 14.8. The number of aliphatic hydroxyl groups excluding tert-OH is 1. The highest BCUT2D eigenvalue weighted by Gasteiger charge is 2.23. The van der Waals surface area contributed by atoms with Crippen LogP contribution in [0.1, 0.15) is 12.8 Å². The zero-order valence-electron chi connectivity index (χ0n) is 11.6. The minimum atomic E-state index is -0.396. The van der Waals surface area contributed by atoms with E-state index in [1.807, 2.05) is 12.1 Å². The first-order valence-electron chi connectivity index (χ1n) is 7.08. The van der Waals surface area contributed by atoms with Crippen molar-refractivity contribution in [2.24, 2.45) is 5.92 Å². The molecule has 1 aromatic heterocycles. The lowest BCUT2D eigenvalue weighted by atomic mass is 10.1. The molecule has 0 bridgehead atoms. The third-order valence-electron chi connectivity index (χ3n) is 4.02. The van der Waals surface area contributed by atoms with E-state index in [1.165, 1.54) is 6.07 Å². The Morgan fingerprint density at radius 2 is 2.24 bits per heavy atom. The smallest absolute Gasteiger partial charge is 0.270 e. The maximum Gasteiger partial charge on any atom is 0.270 e. The second-order valence-electron chi connectivity index (χ2n) is 5.42. The number of anilines is 1. The van der Waals surface area contributed by atoms with Gasteiger partial charge in [0.2, 0.25) is 0 Å². The number of aromatic nitrogens is 1. The van der Waals surface area contributed by atoms with E-state index in [2.05, 4.69) is 9.88 Å². The fourth-order valence-corrected chi connectivity index (χ4v) is 2.85. The Morgan fingerprint density at radius 3 is 3.00 bits per heavy atom. The van der Waals surface area contributed by atoms with Crippen molar-refractivity contribution in [3.8, 4) is 0 Å². The first kappa shape index (κ1) is 13.8. The Bertz CT molecular complexity index is 674. The van der Waals surface area contributed by atoms with Gasteiger partial charge in [-0.25, -0.2) is 4.98 Å². The molecule has 2 aromatic rings. The molecule has 1 aliphatic heterocycles. The van der Waals surface area contributed by atoms with E-state index in [1.54, 1.807) is 12.1 Å². The third kappa shape index (κ3) is 2.80. The van der Waals surface area contributed by atoms with E-state index in [4.69, 9.17) is 5.11 Å². The molecule has 6 nitrogen and oxygen atoms in total. The summed E-state index contributed by atoms with van der Waals surface area (Å²) in [6.07, 6.45) is 1.90. The van der Waals surface area contributed by atoms with E-state index in [0.717, 1.165) is 42.7 Å². The normalized spacial score (nSPS) is 18.3. The second-order valence-corrected chi connectivity index (χ2v) is 5.42. The molecule has 110 valence electrons. The van der Waals surface area contributed by atoms with Gasteiger partial charge >= 0.3 is 0 Å². The highest BCUT2D eigenvalue weighted by Crippen LogP contribution is 2.27. The predicted molar refractivity (Wildman–Crippen MR) is 80.4 cm³/mol. The van der Waals surface area contributed by atoms with Crippen LogP contribution < -0.4 is 4.90 Å². The molecule has 1 atom stereocenters. The van der Waals surface area contributed by atoms with E-state index < -0.39 is 4.92 Å². The number of nitro benzene ring substituents is 1. The lowest BCUT2D eigenvalue weighted by Crippen LogP contribution is -2.20. The average Bonchev–Trinajstić information content (AvgIpc) is 2.95. The molecule has 3 rings (SSSR count). The molecule has 21 heavy (non-hydrogen) atoms. The van der Waals surface area contributed by atoms with Crippen LogP contribution in [0.3, 0.4) is 0 Å². The van der Waals surface area contributed by atoms with Gasteiger partial charge in [-0.1, -0.05) is 0 Å². The summed E-state index contributed by atoms with van der Waals surface area (Å²) >= 11 is 0. The van der Waals surface area contributed by atoms with Crippen LogP contribution in [-0.4, -0.2) is 34.7 Å². The monoisotopic (exact) mass is 287 g/mol. The van der Waals surface area contributed by atoms with Crippen LogP contribution in [-0.2, 0) is 0 Å². The van der Waals surface area contributed by atoms with Crippen molar-refractivity contribution in [3.63, 3.8) is 0 Å². The average molecular weight is 287 g/mol. The number of nitrogens with zero attached hydrogens (tertiary/aromatic N) is 3. The topological polar surface area (TPSA) is 79.5 Å². The molecule has 0 spiro atoms. The zero-order valence-corrected chi connectivity index (χ0v) is 11.6.